The van der Waals surface area contributed by atoms with Crippen LogP contribution in [0.15, 0.2) is 23.2 Å². The highest BCUT2D eigenvalue weighted by molar-refractivity contribution is 7.55. The summed E-state index contributed by atoms with van der Waals surface area (Å²) in [6, 6.07) is 8.11. The maximum atomic E-state index is 5.68. The zero-order valence-corrected chi connectivity index (χ0v) is 22.0. The summed E-state index contributed by atoms with van der Waals surface area (Å²) in [6.45, 7) is 21.3. The number of hydrogen-bond donors (Lipinski definition) is 0. The van der Waals surface area contributed by atoms with Gasteiger partial charge in [0.15, 0.2) is 0 Å². The molecule has 0 N–H and O–H groups in total. The van der Waals surface area contributed by atoms with Gasteiger partial charge in [0.1, 0.15) is 0 Å². The predicted molar refractivity (Wildman–Crippen MR) is 137 cm³/mol. The SMILES string of the molecule is CC(C)c1cccc(C(C)C)c1/N=C1\C2CCC(C2)C1P1N(C(C)C)CCN1C(C)C. The Bertz CT molecular complexity index is 770. The number of aliphatic imine (C=N–C) groups is 1. The van der Waals surface area contributed by atoms with E-state index in [4.69, 9.17) is 4.99 Å². The van der Waals surface area contributed by atoms with E-state index in [1.54, 1.807) is 5.71 Å². The van der Waals surface area contributed by atoms with Gasteiger partial charge in [0.05, 0.1) is 5.69 Å². The minimum Gasteiger partial charge on any atom is -0.266 e. The Labute approximate surface area is 192 Å². The van der Waals surface area contributed by atoms with Crippen molar-refractivity contribution < 1.29 is 0 Å². The van der Waals surface area contributed by atoms with Gasteiger partial charge in [-0.05, 0) is 81.8 Å². The molecule has 1 aliphatic heterocycles. The molecule has 31 heavy (non-hydrogen) atoms. The Balaban J connectivity index is 1.82. The Morgan fingerprint density at radius 1 is 0.839 bits per heavy atom. The van der Waals surface area contributed by atoms with Crippen LogP contribution in [-0.2, 0) is 0 Å². The topological polar surface area (TPSA) is 18.8 Å². The van der Waals surface area contributed by atoms with Crippen LogP contribution in [0.5, 0.6) is 0 Å². The van der Waals surface area contributed by atoms with Crippen LogP contribution in [0.1, 0.15) is 97.6 Å². The molecule has 1 saturated heterocycles. The number of hydrogen-bond acceptors (Lipinski definition) is 3. The molecule has 2 aliphatic carbocycles. The van der Waals surface area contributed by atoms with Gasteiger partial charge in [0.2, 0.25) is 0 Å². The zero-order valence-electron chi connectivity index (χ0n) is 21.1. The molecule has 3 nitrogen and oxygen atoms in total. The molecule has 4 rings (SSSR count). The molecule has 3 aliphatic rings. The maximum Gasteiger partial charge on any atom is 0.0698 e. The van der Waals surface area contributed by atoms with Gasteiger partial charge in [0.25, 0.3) is 0 Å². The second kappa shape index (κ2) is 9.24. The monoisotopic (exact) mass is 441 g/mol. The van der Waals surface area contributed by atoms with Gasteiger partial charge >= 0.3 is 0 Å². The third kappa shape index (κ3) is 4.28. The second-order valence-corrected chi connectivity index (χ2v) is 13.4. The fourth-order valence-electron chi connectivity index (χ4n) is 6.16. The molecule has 2 saturated carbocycles. The molecule has 3 atom stereocenters. The van der Waals surface area contributed by atoms with E-state index in [0.717, 1.165) is 5.92 Å². The fraction of sp³-hybridized carbons (Fsp3) is 0.741. The molecule has 2 bridgehead atoms. The smallest absolute Gasteiger partial charge is 0.0698 e. The molecule has 1 aromatic carbocycles. The van der Waals surface area contributed by atoms with Gasteiger partial charge in [-0.1, -0.05) is 45.9 Å². The van der Waals surface area contributed by atoms with E-state index in [1.807, 2.05) is 0 Å². The van der Waals surface area contributed by atoms with Crippen molar-refractivity contribution in [2.75, 3.05) is 13.1 Å². The molecule has 3 unspecified atom stereocenters. The third-order valence-corrected chi connectivity index (χ3v) is 11.3. The molecule has 0 spiro atoms. The van der Waals surface area contributed by atoms with Gasteiger partial charge in [-0.2, -0.15) is 0 Å². The van der Waals surface area contributed by atoms with Crippen molar-refractivity contribution in [3.63, 3.8) is 0 Å². The predicted octanol–water partition coefficient (Wildman–Crippen LogP) is 7.55. The van der Waals surface area contributed by atoms with Gasteiger partial charge in [-0.3, -0.25) is 14.3 Å². The lowest BCUT2D eigenvalue weighted by Crippen LogP contribution is -2.37. The zero-order chi connectivity index (χ0) is 22.4. The molecule has 172 valence electrons. The van der Waals surface area contributed by atoms with Crippen molar-refractivity contribution >= 4 is 19.6 Å². The first-order chi connectivity index (χ1) is 14.7. The lowest BCUT2D eigenvalue weighted by atomic mass is 9.92. The third-order valence-electron chi connectivity index (χ3n) is 7.75. The molecular formula is C27H44N3P. The minimum atomic E-state index is -0.316. The van der Waals surface area contributed by atoms with E-state index in [2.05, 4.69) is 82.9 Å². The summed E-state index contributed by atoms with van der Waals surface area (Å²) in [4.78, 5) is 5.68. The molecular weight excluding hydrogens is 397 g/mol. The van der Waals surface area contributed by atoms with Crippen LogP contribution in [0, 0.1) is 11.8 Å². The second-order valence-electron chi connectivity index (χ2n) is 11.2. The Morgan fingerprint density at radius 3 is 1.87 bits per heavy atom. The number of nitrogens with zero attached hydrogens (tertiary/aromatic N) is 3. The highest BCUT2D eigenvalue weighted by atomic mass is 31.1. The number of fused-ring (bicyclic) bond motifs is 2. The first-order valence-electron chi connectivity index (χ1n) is 12.7. The summed E-state index contributed by atoms with van der Waals surface area (Å²) >= 11 is 0. The lowest BCUT2D eigenvalue weighted by Gasteiger charge is -2.42. The van der Waals surface area contributed by atoms with Gasteiger partial charge < -0.3 is 0 Å². The van der Waals surface area contributed by atoms with Crippen molar-refractivity contribution in [3.8, 4) is 0 Å². The molecule has 0 radical (unpaired) electrons. The van der Waals surface area contributed by atoms with Crippen LogP contribution in [0.3, 0.4) is 0 Å². The van der Waals surface area contributed by atoms with Gasteiger partial charge in [-0.15, -0.1) is 0 Å². The molecule has 1 heterocycles. The summed E-state index contributed by atoms with van der Waals surface area (Å²) in [5.74, 6) is 2.56. The molecule has 3 fully saturated rings. The average molecular weight is 442 g/mol. The van der Waals surface area contributed by atoms with Crippen LogP contribution in [0.25, 0.3) is 0 Å². The van der Waals surface area contributed by atoms with E-state index in [1.165, 1.54) is 49.2 Å². The maximum absolute atomic E-state index is 5.68. The highest BCUT2D eigenvalue weighted by Crippen LogP contribution is 2.64. The van der Waals surface area contributed by atoms with Crippen LogP contribution in [0.2, 0.25) is 0 Å². The quantitative estimate of drug-likeness (QED) is 0.424. The van der Waals surface area contributed by atoms with Crippen molar-refractivity contribution in [1.82, 2.24) is 9.34 Å². The van der Waals surface area contributed by atoms with E-state index in [-0.39, 0.29) is 8.22 Å². The van der Waals surface area contributed by atoms with Gasteiger partial charge in [0, 0.05) is 44.8 Å². The van der Waals surface area contributed by atoms with Crippen LogP contribution >= 0.6 is 8.22 Å². The number of para-hydroxylation sites is 1. The van der Waals surface area contributed by atoms with E-state index >= 15 is 0 Å². The molecule has 0 aromatic heterocycles. The van der Waals surface area contributed by atoms with Crippen LogP contribution < -0.4 is 0 Å². The average Bonchev–Trinajstić information content (AvgIpc) is 3.41. The molecule has 4 heteroatoms. The van der Waals surface area contributed by atoms with Crippen molar-refractivity contribution in [1.29, 1.82) is 0 Å². The fourth-order valence-corrected chi connectivity index (χ4v) is 9.78. The Kier molecular flexibility index (Phi) is 6.97. The standard InChI is InChI=1S/C27H44N3P/c1-17(2)23-10-9-11-24(18(3)4)26(23)28-25-21-12-13-22(16-21)27(25)31-29(19(5)6)14-15-30(31)20(7)8/h9-11,17-22,27H,12-16H2,1-8H3/b28-25+. The van der Waals surface area contributed by atoms with E-state index < -0.39 is 0 Å². The molecule has 1 aromatic rings. The van der Waals surface area contributed by atoms with Crippen LogP contribution in [0.4, 0.5) is 5.69 Å². The van der Waals surface area contributed by atoms with Gasteiger partial charge in [-0.25, -0.2) is 0 Å². The minimum absolute atomic E-state index is 0.316. The highest BCUT2D eigenvalue weighted by Gasteiger charge is 2.53. The summed E-state index contributed by atoms with van der Waals surface area (Å²) in [5, 5.41) is 0. The number of benzene rings is 1. The van der Waals surface area contributed by atoms with Crippen molar-refractivity contribution in [2.24, 2.45) is 16.8 Å². The van der Waals surface area contributed by atoms with Crippen molar-refractivity contribution in [2.45, 2.75) is 104 Å². The van der Waals surface area contributed by atoms with Crippen molar-refractivity contribution in [3.05, 3.63) is 29.3 Å². The normalized spacial score (nSPS) is 29.2. The summed E-state index contributed by atoms with van der Waals surface area (Å²) < 4.78 is 5.68. The lowest BCUT2D eigenvalue weighted by molar-refractivity contribution is 0.390. The van der Waals surface area contributed by atoms with E-state index in [9.17, 15) is 0 Å². The number of rotatable bonds is 6. The first kappa shape index (κ1) is 23.4. The summed E-state index contributed by atoms with van der Waals surface area (Å²) in [6.07, 6.45) is 4.14. The summed E-state index contributed by atoms with van der Waals surface area (Å²) in [7, 11) is -0.316. The Morgan fingerprint density at radius 2 is 1.39 bits per heavy atom. The van der Waals surface area contributed by atoms with E-state index in [0.29, 0.717) is 35.5 Å². The Hall–Kier alpha value is -0.760. The summed E-state index contributed by atoms with van der Waals surface area (Å²) in [5.41, 5.74) is 6.39. The molecule has 0 amide bonds. The first-order valence-corrected chi connectivity index (χ1v) is 14.1. The van der Waals surface area contributed by atoms with Crippen LogP contribution in [-0.4, -0.2) is 45.9 Å². The largest absolute Gasteiger partial charge is 0.266 e.